The number of anilines is 2. The molecule has 0 saturated carbocycles. The van der Waals surface area contributed by atoms with E-state index in [9.17, 15) is 0 Å². The molecule has 1 aliphatic heterocycles. The van der Waals surface area contributed by atoms with Gasteiger partial charge in [-0.05, 0) is 13.3 Å². The van der Waals surface area contributed by atoms with Gasteiger partial charge in [0.05, 0.1) is 19.3 Å². The van der Waals surface area contributed by atoms with E-state index >= 15 is 0 Å². The molecule has 1 N–H and O–H groups in total. The van der Waals surface area contributed by atoms with Crippen LogP contribution in [-0.4, -0.2) is 54.9 Å². The third-order valence-electron chi connectivity index (χ3n) is 2.87. The van der Waals surface area contributed by atoms with Crippen molar-refractivity contribution < 1.29 is 9.47 Å². The highest BCUT2D eigenvalue weighted by molar-refractivity contribution is 5.38. The first-order valence-corrected chi connectivity index (χ1v) is 6.11. The third-order valence-corrected chi connectivity index (χ3v) is 2.87. The maximum atomic E-state index is 5.37. The van der Waals surface area contributed by atoms with E-state index < -0.39 is 0 Å². The Bertz CT molecular complexity index is 395. The van der Waals surface area contributed by atoms with E-state index in [-0.39, 0.29) is 0 Å². The van der Waals surface area contributed by atoms with Crippen LogP contribution in [-0.2, 0) is 4.74 Å². The largest absolute Gasteiger partial charge is 0.464 e. The average Bonchev–Trinajstić information content (AvgIpc) is 2.91. The Kier molecular flexibility index (Phi) is 4.14. The lowest BCUT2D eigenvalue weighted by Gasteiger charge is -2.23. The summed E-state index contributed by atoms with van der Waals surface area (Å²) in [5.41, 5.74) is 0. The minimum Gasteiger partial charge on any atom is -0.464 e. The summed E-state index contributed by atoms with van der Waals surface area (Å²) in [6.45, 7) is 3.93. The van der Waals surface area contributed by atoms with Gasteiger partial charge in [0.2, 0.25) is 11.9 Å². The van der Waals surface area contributed by atoms with Gasteiger partial charge < -0.3 is 19.7 Å². The van der Waals surface area contributed by atoms with Crippen molar-refractivity contribution in [2.45, 2.75) is 19.4 Å². The number of nitrogens with zero attached hydrogens (tertiary/aromatic N) is 4. The third kappa shape index (κ3) is 2.79. The molecule has 0 amide bonds. The normalized spacial score (nSPS) is 18.7. The minimum absolute atomic E-state index is 0.312. The van der Waals surface area contributed by atoms with E-state index in [2.05, 4.69) is 20.3 Å². The van der Waals surface area contributed by atoms with Crippen molar-refractivity contribution >= 4 is 11.9 Å². The molecule has 0 aliphatic carbocycles. The number of ether oxygens (including phenoxy) is 2. The maximum absolute atomic E-state index is 5.37. The monoisotopic (exact) mass is 253 g/mol. The topological polar surface area (TPSA) is 72.4 Å². The number of rotatable bonds is 5. The first kappa shape index (κ1) is 12.8. The van der Waals surface area contributed by atoms with Gasteiger partial charge in [-0.3, -0.25) is 0 Å². The quantitative estimate of drug-likeness (QED) is 0.820. The summed E-state index contributed by atoms with van der Waals surface area (Å²) < 4.78 is 10.7. The smallest absolute Gasteiger partial charge is 0.323 e. The Balaban J connectivity index is 2.21. The number of nitrogens with one attached hydrogen (secondary N) is 1. The summed E-state index contributed by atoms with van der Waals surface area (Å²) in [4.78, 5) is 14.8. The van der Waals surface area contributed by atoms with Crippen molar-refractivity contribution in [3.05, 3.63) is 0 Å². The highest BCUT2D eigenvalue weighted by atomic mass is 16.5. The molecule has 0 bridgehead atoms. The van der Waals surface area contributed by atoms with Gasteiger partial charge in [-0.1, -0.05) is 0 Å². The van der Waals surface area contributed by atoms with Gasteiger partial charge in [0, 0.05) is 20.7 Å². The Morgan fingerprint density at radius 2 is 2.28 bits per heavy atom. The highest BCUT2D eigenvalue weighted by Crippen LogP contribution is 2.19. The van der Waals surface area contributed by atoms with E-state index in [0.717, 1.165) is 13.0 Å². The van der Waals surface area contributed by atoms with Crippen LogP contribution in [0, 0.1) is 0 Å². The van der Waals surface area contributed by atoms with Crippen LogP contribution in [0.3, 0.4) is 0 Å². The standard InChI is InChI=1S/C11H19N5O2/c1-4-18-11-14-9(12-2)13-10(15-11)16(3)8-5-6-17-7-8/h8H,4-7H2,1-3H3,(H,12,13,14,15). The second kappa shape index (κ2) is 5.81. The highest BCUT2D eigenvalue weighted by Gasteiger charge is 2.23. The van der Waals surface area contributed by atoms with Crippen molar-refractivity contribution in [1.82, 2.24) is 15.0 Å². The lowest BCUT2D eigenvalue weighted by atomic mass is 10.2. The molecule has 7 nitrogen and oxygen atoms in total. The minimum atomic E-state index is 0.312. The lowest BCUT2D eigenvalue weighted by molar-refractivity contribution is 0.193. The SMILES string of the molecule is CCOc1nc(NC)nc(N(C)C2CCOC2)n1. The zero-order valence-electron chi connectivity index (χ0n) is 11.0. The molecule has 1 aliphatic rings. The fourth-order valence-corrected chi connectivity index (χ4v) is 1.80. The van der Waals surface area contributed by atoms with E-state index in [1.807, 2.05) is 18.9 Å². The van der Waals surface area contributed by atoms with Crippen LogP contribution < -0.4 is 15.0 Å². The molecule has 7 heteroatoms. The predicted octanol–water partition coefficient (Wildman–Crippen LogP) is 0.537. The van der Waals surface area contributed by atoms with Crippen molar-refractivity contribution in [3.63, 3.8) is 0 Å². The molecule has 0 radical (unpaired) electrons. The Labute approximate surface area is 107 Å². The van der Waals surface area contributed by atoms with E-state index in [0.29, 0.717) is 37.2 Å². The summed E-state index contributed by atoms with van der Waals surface area (Å²) in [6.07, 6.45) is 0.987. The predicted molar refractivity (Wildman–Crippen MR) is 68.2 cm³/mol. The maximum Gasteiger partial charge on any atom is 0.323 e. The molecular formula is C11H19N5O2. The van der Waals surface area contributed by atoms with Gasteiger partial charge in [0.25, 0.3) is 0 Å². The van der Waals surface area contributed by atoms with Gasteiger partial charge in [-0.2, -0.15) is 15.0 Å². The van der Waals surface area contributed by atoms with Gasteiger partial charge in [0.1, 0.15) is 0 Å². The molecule has 0 aromatic carbocycles. The zero-order chi connectivity index (χ0) is 13.0. The summed E-state index contributed by atoms with van der Waals surface area (Å²) in [5.74, 6) is 1.11. The second-order valence-electron chi connectivity index (χ2n) is 4.05. The van der Waals surface area contributed by atoms with Gasteiger partial charge in [0.15, 0.2) is 0 Å². The summed E-state index contributed by atoms with van der Waals surface area (Å²) in [6, 6.07) is 0.657. The molecule has 18 heavy (non-hydrogen) atoms. The van der Waals surface area contributed by atoms with Crippen molar-refractivity contribution in [1.29, 1.82) is 0 Å². The van der Waals surface area contributed by atoms with Crippen LogP contribution in [0.5, 0.6) is 6.01 Å². The molecule has 1 fully saturated rings. The molecule has 100 valence electrons. The van der Waals surface area contributed by atoms with Gasteiger partial charge in [-0.15, -0.1) is 0 Å². The van der Waals surface area contributed by atoms with Crippen LogP contribution in [0.1, 0.15) is 13.3 Å². The fourth-order valence-electron chi connectivity index (χ4n) is 1.80. The van der Waals surface area contributed by atoms with Gasteiger partial charge >= 0.3 is 6.01 Å². The number of likely N-dealkylation sites (N-methyl/N-ethyl adjacent to an activating group) is 1. The van der Waals surface area contributed by atoms with Crippen molar-refractivity contribution in [2.75, 3.05) is 44.1 Å². The van der Waals surface area contributed by atoms with E-state index in [4.69, 9.17) is 9.47 Å². The molecular weight excluding hydrogens is 234 g/mol. The molecule has 1 atom stereocenters. The zero-order valence-corrected chi connectivity index (χ0v) is 11.0. The van der Waals surface area contributed by atoms with Crippen LogP contribution >= 0.6 is 0 Å². The molecule has 1 unspecified atom stereocenters. The summed E-state index contributed by atoms with van der Waals surface area (Å²) in [7, 11) is 3.73. The first-order valence-electron chi connectivity index (χ1n) is 6.11. The van der Waals surface area contributed by atoms with Crippen LogP contribution in [0.2, 0.25) is 0 Å². The Morgan fingerprint density at radius 3 is 2.89 bits per heavy atom. The second-order valence-corrected chi connectivity index (χ2v) is 4.05. The molecule has 1 aromatic heterocycles. The lowest BCUT2D eigenvalue weighted by Crippen LogP contribution is -2.33. The van der Waals surface area contributed by atoms with E-state index in [1.165, 1.54) is 0 Å². The Hall–Kier alpha value is -1.63. The van der Waals surface area contributed by atoms with Crippen LogP contribution in [0.4, 0.5) is 11.9 Å². The van der Waals surface area contributed by atoms with E-state index in [1.54, 1.807) is 7.05 Å². The molecule has 1 aromatic rings. The van der Waals surface area contributed by atoms with Crippen molar-refractivity contribution in [3.8, 4) is 6.01 Å². The molecule has 1 saturated heterocycles. The van der Waals surface area contributed by atoms with Crippen molar-refractivity contribution in [2.24, 2.45) is 0 Å². The first-order chi connectivity index (χ1) is 8.74. The van der Waals surface area contributed by atoms with Crippen LogP contribution in [0.15, 0.2) is 0 Å². The summed E-state index contributed by atoms with van der Waals surface area (Å²) >= 11 is 0. The Morgan fingerprint density at radius 1 is 1.44 bits per heavy atom. The number of hydrogen-bond donors (Lipinski definition) is 1. The van der Waals surface area contributed by atoms with Crippen LogP contribution in [0.25, 0.3) is 0 Å². The molecule has 2 rings (SSSR count). The molecule has 0 spiro atoms. The summed E-state index contributed by atoms with van der Waals surface area (Å²) in [5, 5.41) is 2.91. The fraction of sp³-hybridized carbons (Fsp3) is 0.727. The molecule has 2 heterocycles. The number of hydrogen-bond acceptors (Lipinski definition) is 7. The average molecular weight is 253 g/mol. The van der Waals surface area contributed by atoms with Gasteiger partial charge in [-0.25, -0.2) is 0 Å². The number of aromatic nitrogens is 3.